The molecule has 0 atom stereocenters. The summed E-state index contributed by atoms with van der Waals surface area (Å²) in [6.45, 7) is 1.72. The number of fused-ring (bicyclic) bond motifs is 1. The van der Waals surface area contributed by atoms with Gasteiger partial charge in [-0.1, -0.05) is 19.1 Å². The fourth-order valence-electron chi connectivity index (χ4n) is 2.20. The molecule has 0 saturated heterocycles. The molecule has 0 fully saturated rings. The summed E-state index contributed by atoms with van der Waals surface area (Å²) >= 11 is 0. The van der Waals surface area contributed by atoms with E-state index in [1.54, 1.807) is 13.0 Å². The zero-order valence-corrected chi connectivity index (χ0v) is 9.58. The molecule has 2 heteroatoms. The Hall–Kier alpha value is -1.44. The van der Waals surface area contributed by atoms with Crippen LogP contribution in [0.25, 0.3) is 0 Å². The van der Waals surface area contributed by atoms with Crippen LogP contribution in [0, 0.1) is 0 Å². The zero-order chi connectivity index (χ0) is 11.5. The summed E-state index contributed by atoms with van der Waals surface area (Å²) in [5.41, 5.74) is 3.15. The van der Waals surface area contributed by atoms with Crippen molar-refractivity contribution in [1.82, 2.24) is 0 Å². The predicted molar refractivity (Wildman–Crippen MR) is 62.7 cm³/mol. The number of hydrogen-bond acceptors (Lipinski definition) is 2. The van der Waals surface area contributed by atoms with E-state index >= 15 is 0 Å². The first-order valence-electron chi connectivity index (χ1n) is 5.91. The number of ketones is 2. The number of hydrogen-bond donors (Lipinski definition) is 0. The second-order valence-corrected chi connectivity index (χ2v) is 4.30. The molecule has 0 spiro atoms. The van der Waals surface area contributed by atoms with E-state index < -0.39 is 0 Å². The molecule has 84 valence electrons. The first-order valence-corrected chi connectivity index (χ1v) is 5.91. The highest BCUT2D eigenvalue weighted by Gasteiger charge is 2.16. The molecular weight excluding hydrogens is 200 g/mol. The Morgan fingerprint density at radius 3 is 2.50 bits per heavy atom. The molecule has 16 heavy (non-hydrogen) atoms. The van der Waals surface area contributed by atoms with Crippen LogP contribution in [0.4, 0.5) is 0 Å². The Morgan fingerprint density at radius 1 is 1.12 bits per heavy atom. The van der Waals surface area contributed by atoms with E-state index in [9.17, 15) is 9.59 Å². The molecule has 0 heterocycles. The minimum absolute atomic E-state index is 0.288. The Labute approximate surface area is 95.7 Å². The van der Waals surface area contributed by atoms with Crippen LogP contribution in [0.15, 0.2) is 18.2 Å². The van der Waals surface area contributed by atoms with Crippen LogP contribution in [0.5, 0.6) is 0 Å². The largest absolute Gasteiger partial charge is 0.290 e. The van der Waals surface area contributed by atoms with Crippen LogP contribution in [0.1, 0.15) is 47.7 Å². The van der Waals surface area contributed by atoms with Gasteiger partial charge < -0.3 is 0 Å². The second kappa shape index (κ2) is 4.60. The minimum Gasteiger partial charge on any atom is -0.290 e. The van der Waals surface area contributed by atoms with E-state index in [0.29, 0.717) is 5.56 Å². The zero-order valence-electron chi connectivity index (χ0n) is 9.58. The maximum atomic E-state index is 11.7. The van der Waals surface area contributed by atoms with Crippen molar-refractivity contribution in [2.45, 2.75) is 39.0 Å². The third-order valence-electron chi connectivity index (χ3n) is 3.19. The lowest BCUT2D eigenvalue weighted by Crippen LogP contribution is -2.14. The van der Waals surface area contributed by atoms with Gasteiger partial charge in [0, 0.05) is 12.0 Å². The summed E-state index contributed by atoms with van der Waals surface area (Å²) in [6.07, 6.45) is 4.85. The van der Waals surface area contributed by atoms with Crippen LogP contribution < -0.4 is 0 Å². The van der Waals surface area contributed by atoms with Crippen molar-refractivity contribution in [2.24, 2.45) is 0 Å². The van der Waals surface area contributed by atoms with Crippen molar-refractivity contribution in [2.75, 3.05) is 0 Å². The van der Waals surface area contributed by atoms with Gasteiger partial charge in [0.25, 0.3) is 0 Å². The molecule has 1 aromatic rings. The summed E-state index contributed by atoms with van der Waals surface area (Å²) in [5, 5.41) is 0. The van der Waals surface area contributed by atoms with E-state index in [4.69, 9.17) is 0 Å². The summed E-state index contributed by atoms with van der Waals surface area (Å²) in [4.78, 5) is 23.0. The normalized spacial score (nSPS) is 14.3. The minimum atomic E-state index is -0.337. The highest BCUT2D eigenvalue weighted by molar-refractivity contribution is 6.43. The molecule has 1 aliphatic rings. The molecular formula is C14H16O2. The van der Waals surface area contributed by atoms with Crippen molar-refractivity contribution in [3.8, 4) is 0 Å². The lowest BCUT2D eigenvalue weighted by Gasteiger charge is -2.15. The smallest absolute Gasteiger partial charge is 0.228 e. The fourth-order valence-corrected chi connectivity index (χ4v) is 2.20. The Bertz CT molecular complexity index is 432. The van der Waals surface area contributed by atoms with Gasteiger partial charge in [0.1, 0.15) is 0 Å². The molecule has 1 aliphatic carbocycles. The SMILES string of the molecule is CCC(=O)C(=O)c1ccc2c(c1)CCCC2. The third kappa shape index (κ3) is 2.06. The van der Waals surface area contributed by atoms with Crippen LogP contribution in [-0.4, -0.2) is 11.6 Å². The van der Waals surface area contributed by atoms with Gasteiger partial charge in [0.15, 0.2) is 0 Å². The first-order chi connectivity index (χ1) is 7.72. The van der Waals surface area contributed by atoms with Crippen molar-refractivity contribution in [3.05, 3.63) is 34.9 Å². The molecule has 0 radical (unpaired) electrons. The number of carbonyl (C=O) groups excluding carboxylic acids is 2. The van der Waals surface area contributed by atoms with E-state index in [2.05, 4.69) is 0 Å². The maximum absolute atomic E-state index is 11.7. The monoisotopic (exact) mass is 216 g/mol. The Morgan fingerprint density at radius 2 is 1.81 bits per heavy atom. The van der Waals surface area contributed by atoms with E-state index in [0.717, 1.165) is 12.8 Å². The predicted octanol–water partition coefficient (Wildman–Crippen LogP) is 2.73. The number of rotatable bonds is 3. The van der Waals surface area contributed by atoms with Crippen LogP contribution in [0.3, 0.4) is 0 Å². The summed E-state index contributed by atoms with van der Waals surface area (Å²) in [7, 11) is 0. The standard InChI is InChI=1S/C14H16O2/c1-2-13(15)14(16)12-8-7-10-5-3-4-6-11(10)9-12/h7-9H,2-6H2,1H3. The van der Waals surface area contributed by atoms with Crippen molar-refractivity contribution in [1.29, 1.82) is 0 Å². The molecule has 0 N–H and O–H groups in total. The number of carbonyl (C=O) groups is 2. The van der Waals surface area contributed by atoms with Gasteiger partial charge in [-0.05, 0) is 42.9 Å². The number of benzene rings is 1. The summed E-state index contributed by atoms with van der Waals surface area (Å²) in [5.74, 6) is -0.633. The van der Waals surface area contributed by atoms with Gasteiger partial charge in [-0.3, -0.25) is 9.59 Å². The lowest BCUT2D eigenvalue weighted by molar-refractivity contribution is -0.114. The van der Waals surface area contributed by atoms with E-state index in [1.807, 2.05) is 12.1 Å². The van der Waals surface area contributed by atoms with Gasteiger partial charge in [0.05, 0.1) is 0 Å². The quantitative estimate of drug-likeness (QED) is 0.575. The molecule has 2 nitrogen and oxygen atoms in total. The summed E-state index contributed by atoms with van der Waals surface area (Å²) in [6, 6.07) is 5.70. The molecule has 0 saturated carbocycles. The summed E-state index contributed by atoms with van der Waals surface area (Å²) < 4.78 is 0. The highest BCUT2D eigenvalue weighted by Crippen LogP contribution is 2.22. The third-order valence-corrected chi connectivity index (χ3v) is 3.19. The molecule has 0 unspecified atom stereocenters. The van der Waals surface area contributed by atoms with Gasteiger partial charge in [-0.15, -0.1) is 0 Å². The van der Waals surface area contributed by atoms with E-state index in [-0.39, 0.29) is 18.0 Å². The molecule has 0 aromatic heterocycles. The Kier molecular flexibility index (Phi) is 3.18. The highest BCUT2D eigenvalue weighted by atomic mass is 16.2. The van der Waals surface area contributed by atoms with Gasteiger partial charge in [0.2, 0.25) is 11.6 Å². The first kappa shape index (κ1) is 11.1. The van der Waals surface area contributed by atoms with Crippen molar-refractivity contribution < 1.29 is 9.59 Å². The molecule has 1 aromatic carbocycles. The average molecular weight is 216 g/mol. The van der Waals surface area contributed by atoms with Crippen LogP contribution in [0.2, 0.25) is 0 Å². The van der Waals surface area contributed by atoms with Gasteiger partial charge in [-0.25, -0.2) is 0 Å². The number of aryl methyl sites for hydroxylation is 2. The van der Waals surface area contributed by atoms with Gasteiger partial charge >= 0.3 is 0 Å². The van der Waals surface area contributed by atoms with E-state index in [1.165, 1.54) is 24.0 Å². The second-order valence-electron chi connectivity index (χ2n) is 4.30. The lowest BCUT2D eigenvalue weighted by atomic mass is 9.89. The van der Waals surface area contributed by atoms with Gasteiger partial charge in [-0.2, -0.15) is 0 Å². The van der Waals surface area contributed by atoms with Crippen LogP contribution in [-0.2, 0) is 17.6 Å². The molecule has 2 rings (SSSR count). The fraction of sp³-hybridized carbons (Fsp3) is 0.429. The molecule has 0 amide bonds. The Balaban J connectivity index is 2.30. The van der Waals surface area contributed by atoms with Crippen LogP contribution >= 0.6 is 0 Å². The van der Waals surface area contributed by atoms with Crippen molar-refractivity contribution >= 4 is 11.6 Å². The molecule has 0 bridgehead atoms. The number of Topliss-reactive ketones (excluding diaryl/α,β-unsaturated/α-hetero) is 2. The van der Waals surface area contributed by atoms with Crippen molar-refractivity contribution in [3.63, 3.8) is 0 Å². The topological polar surface area (TPSA) is 34.1 Å². The molecule has 0 aliphatic heterocycles. The average Bonchev–Trinajstić information content (AvgIpc) is 2.36. The maximum Gasteiger partial charge on any atom is 0.228 e.